The minimum atomic E-state index is -4.76. The fourth-order valence-electron chi connectivity index (χ4n) is 4.14. The van der Waals surface area contributed by atoms with Gasteiger partial charge in [0.15, 0.2) is 17.3 Å². The largest absolute Gasteiger partial charge is 0.434 e. The Balaban J connectivity index is 1.59. The molecule has 3 aromatic heterocycles. The van der Waals surface area contributed by atoms with Crippen molar-refractivity contribution < 1.29 is 22.1 Å². The van der Waals surface area contributed by atoms with Gasteiger partial charge in [-0.2, -0.15) is 18.3 Å². The Hall–Kier alpha value is -3.75. The Morgan fingerprint density at radius 2 is 1.88 bits per heavy atom. The van der Waals surface area contributed by atoms with Crippen molar-refractivity contribution in [2.24, 2.45) is 5.92 Å². The maximum atomic E-state index is 14.1. The van der Waals surface area contributed by atoms with Crippen molar-refractivity contribution >= 4 is 6.08 Å². The molecule has 5 nitrogen and oxygen atoms in total. The van der Waals surface area contributed by atoms with Gasteiger partial charge in [-0.25, -0.2) is 14.1 Å². The summed E-state index contributed by atoms with van der Waals surface area (Å²) in [6.45, 7) is 4.20. The molecule has 1 aliphatic carbocycles. The quantitative estimate of drug-likeness (QED) is 0.320. The van der Waals surface area contributed by atoms with E-state index in [2.05, 4.69) is 47.3 Å². The van der Waals surface area contributed by atoms with Crippen LogP contribution in [0.5, 0.6) is 0 Å². The molecule has 0 atom stereocenters. The molecule has 0 fully saturated rings. The molecule has 5 rings (SSSR count). The predicted molar refractivity (Wildman–Crippen MR) is 119 cm³/mol. The number of rotatable bonds is 4. The van der Waals surface area contributed by atoms with Crippen LogP contribution in [-0.2, 0) is 19.0 Å². The van der Waals surface area contributed by atoms with Gasteiger partial charge in [0.2, 0.25) is 0 Å². The van der Waals surface area contributed by atoms with E-state index in [1.165, 1.54) is 0 Å². The molecular weight excluding hydrogens is 448 g/mol. The maximum absolute atomic E-state index is 14.1. The maximum Gasteiger partial charge on any atom is 0.434 e. The third kappa shape index (κ3) is 3.91. The summed E-state index contributed by atoms with van der Waals surface area (Å²) >= 11 is 0. The van der Waals surface area contributed by atoms with Crippen LogP contribution in [0, 0.1) is 11.7 Å². The zero-order valence-corrected chi connectivity index (χ0v) is 18.4. The van der Waals surface area contributed by atoms with Crippen molar-refractivity contribution in [3.05, 3.63) is 77.0 Å². The fourth-order valence-corrected chi connectivity index (χ4v) is 4.14. The Bertz CT molecular complexity index is 1380. The molecule has 4 aromatic rings. The van der Waals surface area contributed by atoms with Crippen LogP contribution < -0.4 is 0 Å². The minimum Gasteiger partial charge on any atom is -0.355 e. The number of hydrogen-bond acceptors (Lipinski definition) is 4. The van der Waals surface area contributed by atoms with Crippen LogP contribution in [0.15, 0.2) is 53.3 Å². The number of nitrogens with zero attached hydrogens (tertiary/aromatic N) is 4. The highest BCUT2D eigenvalue weighted by Gasteiger charge is 2.41. The first-order chi connectivity index (χ1) is 16.2. The molecule has 0 saturated carbocycles. The molecular formula is C25H20F4N4O. The van der Waals surface area contributed by atoms with Crippen LogP contribution in [-0.4, -0.2) is 19.9 Å². The van der Waals surface area contributed by atoms with Crippen molar-refractivity contribution in [2.75, 3.05) is 0 Å². The number of pyridine rings is 1. The fraction of sp³-hybridized carbons (Fsp3) is 0.240. The second kappa shape index (κ2) is 8.23. The summed E-state index contributed by atoms with van der Waals surface area (Å²) in [5, 5.41) is 8.03. The number of allylic oxidation sites excluding steroid dienone is 1. The first-order valence-corrected chi connectivity index (χ1v) is 10.8. The zero-order valence-electron chi connectivity index (χ0n) is 18.4. The lowest BCUT2D eigenvalue weighted by molar-refractivity contribution is -0.142. The number of aromatic nitrogens is 4. The molecule has 174 valence electrons. The summed E-state index contributed by atoms with van der Waals surface area (Å²) in [5.74, 6) is -0.351. The Morgan fingerprint density at radius 3 is 2.59 bits per heavy atom. The van der Waals surface area contributed by atoms with E-state index in [4.69, 9.17) is 4.52 Å². The molecule has 9 heteroatoms. The molecule has 3 heterocycles. The zero-order chi connectivity index (χ0) is 24.0. The van der Waals surface area contributed by atoms with Gasteiger partial charge in [0, 0.05) is 11.1 Å². The first kappa shape index (κ1) is 22.1. The number of benzene rings is 1. The lowest BCUT2D eigenvalue weighted by Crippen LogP contribution is -2.15. The highest BCUT2D eigenvalue weighted by Crippen LogP contribution is 2.43. The monoisotopic (exact) mass is 468 g/mol. The predicted octanol–water partition coefficient (Wildman–Crippen LogP) is 6.52. The van der Waals surface area contributed by atoms with Crippen LogP contribution in [0.1, 0.15) is 36.2 Å². The third-order valence-corrected chi connectivity index (χ3v) is 5.70. The van der Waals surface area contributed by atoms with Gasteiger partial charge in [0.1, 0.15) is 11.5 Å². The number of hydrogen-bond donors (Lipinski definition) is 0. The standard InChI is InChI=1S/C25H20F4N4O/c1-14(2)3-4-15-5-8-18-16(11-15)6-9-19-22(18)32-34-23(19)20-13-31-33(24(20)25(27,28)29)21-10-7-17(26)12-30-21/h3-5,7-8,10-14H,6,9H2,1-2H3. The van der Waals surface area contributed by atoms with Gasteiger partial charge in [0.25, 0.3) is 0 Å². The molecule has 34 heavy (non-hydrogen) atoms. The van der Waals surface area contributed by atoms with Crippen molar-refractivity contribution in [2.45, 2.75) is 32.9 Å². The summed E-state index contributed by atoms with van der Waals surface area (Å²) in [4.78, 5) is 3.74. The highest BCUT2D eigenvalue weighted by molar-refractivity contribution is 5.78. The van der Waals surface area contributed by atoms with E-state index in [9.17, 15) is 17.6 Å². The second-order valence-electron chi connectivity index (χ2n) is 8.51. The average molecular weight is 468 g/mol. The minimum absolute atomic E-state index is 0.0325. The van der Waals surface area contributed by atoms with Gasteiger partial charge >= 0.3 is 6.18 Å². The van der Waals surface area contributed by atoms with E-state index in [-0.39, 0.29) is 17.1 Å². The second-order valence-corrected chi connectivity index (χ2v) is 8.51. The smallest absolute Gasteiger partial charge is 0.355 e. The summed E-state index contributed by atoms with van der Waals surface area (Å²) < 4.78 is 61.7. The van der Waals surface area contributed by atoms with Crippen molar-refractivity contribution in [1.29, 1.82) is 0 Å². The molecule has 0 unspecified atom stereocenters. The number of alkyl halides is 3. The molecule has 0 bridgehead atoms. The molecule has 1 aliphatic rings. The normalized spacial score (nSPS) is 13.5. The summed E-state index contributed by atoms with van der Waals surface area (Å²) in [6.07, 6.45) is 2.47. The lowest BCUT2D eigenvalue weighted by atomic mass is 9.87. The third-order valence-electron chi connectivity index (χ3n) is 5.70. The summed E-state index contributed by atoms with van der Waals surface area (Å²) in [7, 11) is 0. The van der Waals surface area contributed by atoms with Crippen molar-refractivity contribution in [3.63, 3.8) is 0 Å². The lowest BCUT2D eigenvalue weighted by Gasteiger charge is -2.16. The van der Waals surface area contributed by atoms with Crippen LogP contribution in [0.25, 0.3) is 34.5 Å². The van der Waals surface area contributed by atoms with E-state index in [1.54, 1.807) is 0 Å². The molecule has 0 saturated heterocycles. The van der Waals surface area contributed by atoms with Crippen molar-refractivity contribution in [1.82, 2.24) is 19.9 Å². The highest BCUT2D eigenvalue weighted by atomic mass is 19.4. The Labute approximate surface area is 192 Å². The van der Waals surface area contributed by atoms with E-state index in [1.807, 2.05) is 12.1 Å². The topological polar surface area (TPSA) is 56.7 Å². The van der Waals surface area contributed by atoms with Gasteiger partial charge in [-0.05, 0) is 42.0 Å². The molecule has 0 spiro atoms. The van der Waals surface area contributed by atoms with Gasteiger partial charge < -0.3 is 4.52 Å². The van der Waals surface area contributed by atoms with Crippen LogP contribution in [0.4, 0.5) is 17.6 Å². The molecule has 0 amide bonds. The van der Waals surface area contributed by atoms with Crippen LogP contribution in [0.3, 0.4) is 0 Å². The number of halogens is 4. The number of aryl methyl sites for hydroxylation is 1. The Kier molecular flexibility index (Phi) is 5.34. The van der Waals surface area contributed by atoms with Crippen LogP contribution >= 0.6 is 0 Å². The van der Waals surface area contributed by atoms with Gasteiger partial charge in [-0.3, -0.25) is 0 Å². The van der Waals surface area contributed by atoms with Gasteiger partial charge in [-0.1, -0.05) is 49.4 Å². The molecule has 0 aliphatic heterocycles. The van der Waals surface area contributed by atoms with Crippen LogP contribution in [0.2, 0.25) is 0 Å². The van der Waals surface area contributed by atoms with E-state index >= 15 is 0 Å². The van der Waals surface area contributed by atoms with E-state index < -0.39 is 17.7 Å². The molecule has 0 radical (unpaired) electrons. The first-order valence-electron chi connectivity index (χ1n) is 10.8. The number of fused-ring (bicyclic) bond motifs is 3. The van der Waals surface area contributed by atoms with E-state index in [0.29, 0.717) is 34.7 Å². The average Bonchev–Trinajstić information content (AvgIpc) is 3.42. The molecule has 0 N–H and O–H groups in total. The van der Waals surface area contributed by atoms with E-state index in [0.717, 1.165) is 41.2 Å². The van der Waals surface area contributed by atoms with Crippen molar-refractivity contribution in [3.8, 4) is 28.4 Å². The summed E-state index contributed by atoms with van der Waals surface area (Å²) in [6, 6.07) is 8.13. The summed E-state index contributed by atoms with van der Waals surface area (Å²) in [5.41, 5.74) is 2.84. The van der Waals surface area contributed by atoms with Gasteiger partial charge in [0.05, 0.1) is 18.0 Å². The SMILES string of the molecule is CC(C)C=Cc1ccc2c(c1)CCc1c-2noc1-c1cnn(-c2ccc(F)cn2)c1C(F)(F)F. The van der Waals surface area contributed by atoms with Gasteiger partial charge in [-0.15, -0.1) is 0 Å². The Morgan fingerprint density at radius 1 is 1.06 bits per heavy atom. The molecule has 1 aromatic carbocycles.